The molecule has 0 aromatic heterocycles. The predicted octanol–water partition coefficient (Wildman–Crippen LogP) is 2.68. The molecule has 108 valence electrons. The van der Waals surface area contributed by atoms with Crippen LogP contribution in [0.5, 0.6) is 0 Å². The number of alkyl halides is 3. The van der Waals surface area contributed by atoms with Gasteiger partial charge in [-0.25, -0.2) is 0 Å². The summed E-state index contributed by atoms with van der Waals surface area (Å²) in [5, 5.41) is 3.29. The van der Waals surface area contributed by atoms with Crippen molar-refractivity contribution in [3.63, 3.8) is 0 Å². The summed E-state index contributed by atoms with van der Waals surface area (Å²) in [5.74, 6) is -1.12. The second kappa shape index (κ2) is 5.97. The Morgan fingerprint density at radius 2 is 2.11 bits per heavy atom. The summed E-state index contributed by atoms with van der Waals surface area (Å²) in [6, 6.07) is 0. The summed E-state index contributed by atoms with van der Waals surface area (Å²) < 4.78 is 38.1. The molecule has 0 aliphatic carbocycles. The topological polar surface area (TPSA) is 15.3 Å². The maximum absolute atomic E-state index is 12.7. The van der Waals surface area contributed by atoms with Crippen LogP contribution in [0.15, 0.2) is 0 Å². The molecule has 0 bridgehead atoms. The molecule has 0 aromatic rings. The van der Waals surface area contributed by atoms with Gasteiger partial charge in [0.15, 0.2) is 0 Å². The first-order valence-electron chi connectivity index (χ1n) is 6.39. The molecule has 0 radical (unpaired) electrons. The monoisotopic (exact) mass is 286 g/mol. The van der Waals surface area contributed by atoms with Crippen LogP contribution in [-0.2, 0) is 0 Å². The summed E-state index contributed by atoms with van der Waals surface area (Å²) in [6.45, 7) is 5.91. The Morgan fingerprint density at radius 3 is 2.67 bits per heavy atom. The van der Waals surface area contributed by atoms with Gasteiger partial charge in [0.05, 0.1) is 5.92 Å². The highest BCUT2D eigenvalue weighted by molar-refractivity contribution is 5.85. The summed E-state index contributed by atoms with van der Waals surface area (Å²) in [7, 11) is 0. The van der Waals surface area contributed by atoms with Crippen LogP contribution in [0.25, 0.3) is 0 Å². The molecule has 2 fully saturated rings. The van der Waals surface area contributed by atoms with Crippen LogP contribution in [0, 0.1) is 11.3 Å². The first-order chi connectivity index (χ1) is 7.89. The molecule has 0 spiro atoms. The molecule has 2 aliphatic rings. The SMILES string of the molecule is CC1(CN2CCCC(C(F)(F)F)C2)CCNC1.Cl. The van der Waals surface area contributed by atoms with Gasteiger partial charge in [0, 0.05) is 19.6 Å². The van der Waals surface area contributed by atoms with Gasteiger partial charge in [-0.1, -0.05) is 6.92 Å². The van der Waals surface area contributed by atoms with Crippen molar-refractivity contribution in [3.8, 4) is 0 Å². The Bertz CT molecular complexity index is 265. The Hall–Kier alpha value is 0. The number of nitrogens with one attached hydrogen (secondary N) is 1. The number of rotatable bonds is 2. The number of halogens is 4. The van der Waals surface area contributed by atoms with Crippen LogP contribution in [0.1, 0.15) is 26.2 Å². The molecule has 1 N–H and O–H groups in total. The maximum atomic E-state index is 12.7. The molecule has 0 amide bonds. The summed E-state index contributed by atoms with van der Waals surface area (Å²) in [6.07, 6.45) is -1.98. The van der Waals surface area contributed by atoms with E-state index in [1.807, 2.05) is 4.90 Å². The lowest BCUT2D eigenvalue weighted by Gasteiger charge is -2.38. The molecule has 6 heteroatoms. The summed E-state index contributed by atoms with van der Waals surface area (Å²) >= 11 is 0. The van der Waals surface area contributed by atoms with Crippen LogP contribution in [0.4, 0.5) is 13.2 Å². The fourth-order valence-electron chi connectivity index (χ4n) is 3.01. The minimum atomic E-state index is -4.02. The van der Waals surface area contributed by atoms with E-state index in [2.05, 4.69) is 12.2 Å². The summed E-state index contributed by atoms with van der Waals surface area (Å²) in [4.78, 5) is 2.01. The lowest BCUT2D eigenvalue weighted by molar-refractivity contribution is -0.187. The van der Waals surface area contributed by atoms with Crippen LogP contribution in [-0.4, -0.2) is 43.8 Å². The zero-order valence-corrected chi connectivity index (χ0v) is 11.5. The molecule has 2 rings (SSSR count). The highest BCUT2D eigenvalue weighted by atomic mass is 35.5. The van der Waals surface area contributed by atoms with Crippen molar-refractivity contribution in [1.29, 1.82) is 0 Å². The van der Waals surface area contributed by atoms with Crippen LogP contribution in [0.3, 0.4) is 0 Å². The van der Waals surface area contributed by atoms with Crippen molar-refractivity contribution in [1.82, 2.24) is 10.2 Å². The number of likely N-dealkylation sites (tertiary alicyclic amines) is 1. The van der Waals surface area contributed by atoms with E-state index in [9.17, 15) is 13.2 Å². The van der Waals surface area contributed by atoms with Gasteiger partial charge in [0.25, 0.3) is 0 Å². The second-order valence-corrected chi connectivity index (χ2v) is 5.85. The lowest BCUT2D eigenvalue weighted by atomic mass is 9.87. The molecular formula is C12H22ClF3N2. The largest absolute Gasteiger partial charge is 0.393 e. The fourth-order valence-corrected chi connectivity index (χ4v) is 3.01. The van der Waals surface area contributed by atoms with E-state index >= 15 is 0 Å². The van der Waals surface area contributed by atoms with E-state index in [0.29, 0.717) is 12.8 Å². The van der Waals surface area contributed by atoms with Gasteiger partial charge in [-0.15, -0.1) is 12.4 Å². The van der Waals surface area contributed by atoms with Gasteiger partial charge in [-0.3, -0.25) is 0 Å². The standard InChI is InChI=1S/C12H21F3N2.ClH/c1-11(4-5-16-8-11)9-17-6-2-3-10(7-17)12(13,14)15;/h10,16H,2-9H2,1H3;1H. The third-order valence-corrected chi connectivity index (χ3v) is 4.03. The van der Waals surface area contributed by atoms with Crippen LogP contribution >= 0.6 is 12.4 Å². The van der Waals surface area contributed by atoms with E-state index in [1.54, 1.807) is 0 Å². The van der Waals surface area contributed by atoms with Crippen LogP contribution in [0.2, 0.25) is 0 Å². The second-order valence-electron chi connectivity index (χ2n) is 5.85. The van der Waals surface area contributed by atoms with Gasteiger partial charge in [-0.05, 0) is 37.8 Å². The minimum absolute atomic E-state index is 0. The third-order valence-electron chi connectivity index (χ3n) is 4.03. The van der Waals surface area contributed by atoms with E-state index < -0.39 is 12.1 Å². The molecular weight excluding hydrogens is 265 g/mol. The first kappa shape index (κ1) is 16.1. The average molecular weight is 287 g/mol. The predicted molar refractivity (Wildman–Crippen MR) is 68.1 cm³/mol. The van der Waals surface area contributed by atoms with Crippen molar-refractivity contribution >= 4 is 12.4 Å². The van der Waals surface area contributed by atoms with Crippen molar-refractivity contribution in [2.24, 2.45) is 11.3 Å². The van der Waals surface area contributed by atoms with Gasteiger partial charge in [0.2, 0.25) is 0 Å². The molecule has 2 saturated heterocycles. The average Bonchev–Trinajstić information content (AvgIpc) is 2.64. The molecule has 0 aromatic carbocycles. The van der Waals surface area contributed by atoms with E-state index in [0.717, 1.165) is 32.6 Å². The highest BCUT2D eigenvalue weighted by Gasteiger charge is 2.43. The molecule has 2 nitrogen and oxygen atoms in total. The first-order valence-corrected chi connectivity index (χ1v) is 6.39. The molecule has 2 atom stereocenters. The zero-order chi connectivity index (χ0) is 12.5. The fraction of sp³-hybridized carbons (Fsp3) is 1.00. The molecule has 2 aliphatic heterocycles. The molecule has 2 unspecified atom stereocenters. The lowest BCUT2D eigenvalue weighted by Crippen LogP contribution is -2.46. The number of nitrogens with zero attached hydrogens (tertiary/aromatic N) is 1. The van der Waals surface area contributed by atoms with Gasteiger partial charge in [0.1, 0.15) is 0 Å². The maximum Gasteiger partial charge on any atom is 0.393 e. The molecule has 2 heterocycles. The Morgan fingerprint density at radius 1 is 1.39 bits per heavy atom. The van der Waals surface area contributed by atoms with Crippen molar-refractivity contribution < 1.29 is 13.2 Å². The Balaban J connectivity index is 0.00000162. The van der Waals surface area contributed by atoms with Gasteiger partial charge >= 0.3 is 6.18 Å². The van der Waals surface area contributed by atoms with Crippen LogP contribution < -0.4 is 5.32 Å². The molecule has 18 heavy (non-hydrogen) atoms. The van der Waals surface area contributed by atoms with Gasteiger partial charge in [-0.2, -0.15) is 13.2 Å². The number of hydrogen-bond acceptors (Lipinski definition) is 2. The minimum Gasteiger partial charge on any atom is -0.316 e. The van der Waals surface area contributed by atoms with Crippen molar-refractivity contribution in [3.05, 3.63) is 0 Å². The number of hydrogen-bond donors (Lipinski definition) is 1. The third kappa shape index (κ3) is 4.00. The molecule has 0 saturated carbocycles. The Kier molecular flexibility index (Phi) is 5.32. The normalized spacial score (nSPS) is 34.3. The zero-order valence-electron chi connectivity index (χ0n) is 10.7. The van der Waals surface area contributed by atoms with E-state index in [-0.39, 0.29) is 24.4 Å². The van der Waals surface area contributed by atoms with E-state index in [4.69, 9.17) is 0 Å². The highest BCUT2D eigenvalue weighted by Crippen LogP contribution is 2.35. The Labute approximate surface area is 113 Å². The summed E-state index contributed by atoms with van der Waals surface area (Å²) in [5.41, 5.74) is 0.160. The quantitative estimate of drug-likeness (QED) is 0.840. The van der Waals surface area contributed by atoms with Crippen molar-refractivity contribution in [2.45, 2.75) is 32.4 Å². The van der Waals surface area contributed by atoms with Gasteiger partial charge < -0.3 is 10.2 Å². The number of piperidine rings is 1. The van der Waals surface area contributed by atoms with Crippen molar-refractivity contribution in [2.75, 3.05) is 32.7 Å². The van der Waals surface area contributed by atoms with E-state index in [1.165, 1.54) is 0 Å². The smallest absolute Gasteiger partial charge is 0.316 e.